The third-order valence-electron chi connectivity index (χ3n) is 5.01. The van der Waals surface area contributed by atoms with Gasteiger partial charge in [0.25, 0.3) is 11.7 Å². The number of anilines is 1. The molecule has 1 atom stereocenters. The van der Waals surface area contributed by atoms with Crippen LogP contribution in [0.2, 0.25) is 5.02 Å². The summed E-state index contributed by atoms with van der Waals surface area (Å²) in [5, 5.41) is 11.5. The topological polar surface area (TPSA) is 79.7 Å². The number of ether oxygens (including phenoxy) is 1. The van der Waals surface area contributed by atoms with Crippen LogP contribution in [0.25, 0.3) is 5.76 Å². The zero-order valence-electron chi connectivity index (χ0n) is 16.7. The molecule has 0 spiro atoms. The summed E-state index contributed by atoms with van der Waals surface area (Å²) in [5.74, 6) is -1.08. The van der Waals surface area contributed by atoms with E-state index in [0.717, 1.165) is 0 Å². The number of rotatable bonds is 5. The molecule has 7 heteroatoms. The van der Waals surface area contributed by atoms with Crippen molar-refractivity contribution in [2.75, 3.05) is 11.5 Å². The van der Waals surface area contributed by atoms with Gasteiger partial charge in [0, 0.05) is 28.7 Å². The third kappa shape index (κ3) is 3.90. The van der Waals surface area contributed by atoms with Crippen LogP contribution >= 0.6 is 11.6 Å². The summed E-state index contributed by atoms with van der Waals surface area (Å²) in [6.45, 7) is 2.40. The molecule has 156 valence electrons. The molecule has 1 N–H and O–H groups in total. The van der Waals surface area contributed by atoms with Crippen LogP contribution in [-0.2, 0) is 9.59 Å². The van der Waals surface area contributed by atoms with Gasteiger partial charge in [-0.2, -0.15) is 0 Å². The number of ketones is 1. The van der Waals surface area contributed by atoms with E-state index in [2.05, 4.69) is 4.98 Å². The van der Waals surface area contributed by atoms with Gasteiger partial charge >= 0.3 is 0 Å². The Labute approximate surface area is 184 Å². The second-order valence-electron chi connectivity index (χ2n) is 6.88. The standard InChI is InChI=1S/C24H19ClN2O4/c1-2-31-19-9-7-18(8-10-19)27-21(15-3-5-17(25)6-4-15)20(23(29)24(27)30)22(28)16-11-13-26-14-12-16/h3-14,21,28H,2H2,1H3/b22-20-. The van der Waals surface area contributed by atoms with E-state index in [1.165, 1.54) is 17.3 Å². The van der Waals surface area contributed by atoms with Gasteiger partial charge in [-0.1, -0.05) is 23.7 Å². The SMILES string of the molecule is CCOc1ccc(N2C(=O)C(=O)/C(=C(\O)c3ccncc3)C2c2ccc(Cl)cc2)cc1. The average molecular weight is 435 g/mol. The minimum absolute atomic E-state index is 0.00686. The molecule has 2 heterocycles. The van der Waals surface area contributed by atoms with Gasteiger partial charge in [-0.15, -0.1) is 0 Å². The number of aliphatic hydroxyl groups excluding tert-OH is 1. The van der Waals surface area contributed by atoms with E-state index in [9.17, 15) is 14.7 Å². The zero-order chi connectivity index (χ0) is 22.0. The fourth-order valence-corrected chi connectivity index (χ4v) is 3.72. The molecule has 0 radical (unpaired) electrons. The van der Waals surface area contributed by atoms with Crippen molar-refractivity contribution in [1.82, 2.24) is 4.98 Å². The summed E-state index contributed by atoms with van der Waals surface area (Å²) in [4.78, 5) is 31.4. The molecular weight excluding hydrogens is 416 g/mol. The molecule has 1 unspecified atom stereocenters. The van der Waals surface area contributed by atoms with E-state index in [1.54, 1.807) is 60.7 Å². The van der Waals surface area contributed by atoms with Crippen molar-refractivity contribution < 1.29 is 19.4 Å². The Kier molecular flexibility index (Phi) is 5.73. The number of hydrogen-bond donors (Lipinski definition) is 1. The van der Waals surface area contributed by atoms with E-state index >= 15 is 0 Å². The van der Waals surface area contributed by atoms with Crippen molar-refractivity contribution in [1.29, 1.82) is 0 Å². The molecule has 1 aliphatic heterocycles. The number of aromatic nitrogens is 1. The van der Waals surface area contributed by atoms with Crippen LogP contribution in [0.1, 0.15) is 24.1 Å². The summed E-state index contributed by atoms with van der Waals surface area (Å²) in [6, 6.07) is 16.1. The Hall–Kier alpha value is -3.64. The lowest BCUT2D eigenvalue weighted by atomic mass is 9.95. The number of nitrogens with zero attached hydrogens (tertiary/aromatic N) is 2. The molecule has 6 nitrogen and oxygen atoms in total. The van der Waals surface area contributed by atoms with E-state index in [4.69, 9.17) is 16.3 Å². The Morgan fingerprint density at radius 3 is 2.29 bits per heavy atom. The van der Waals surface area contributed by atoms with Gasteiger partial charge in [-0.25, -0.2) is 0 Å². The van der Waals surface area contributed by atoms with Crippen molar-refractivity contribution in [3.05, 3.63) is 94.8 Å². The Morgan fingerprint density at radius 1 is 1.03 bits per heavy atom. The van der Waals surface area contributed by atoms with E-state index in [1.807, 2.05) is 6.92 Å². The predicted molar refractivity (Wildman–Crippen MR) is 118 cm³/mol. The van der Waals surface area contributed by atoms with Crippen LogP contribution < -0.4 is 9.64 Å². The van der Waals surface area contributed by atoms with Crippen LogP contribution in [0.3, 0.4) is 0 Å². The quantitative estimate of drug-likeness (QED) is 0.356. The minimum Gasteiger partial charge on any atom is -0.507 e. The molecule has 31 heavy (non-hydrogen) atoms. The summed E-state index contributed by atoms with van der Waals surface area (Å²) in [5.41, 5.74) is 1.57. The molecule has 0 aliphatic carbocycles. The number of aliphatic hydroxyl groups is 1. The van der Waals surface area contributed by atoms with E-state index < -0.39 is 17.7 Å². The van der Waals surface area contributed by atoms with Gasteiger partial charge < -0.3 is 9.84 Å². The van der Waals surface area contributed by atoms with Gasteiger partial charge in [0.1, 0.15) is 11.5 Å². The normalized spacial score (nSPS) is 17.7. The number of Topliss-reactive ketones (excluding diaryl/α,β-unsaturated/α-hetero) is 1. The minimum atomic E-state index is -0.816. The first kappa shape index (κ1) is 20.6. The second-order valence-corrected chi connectivity index (χ2v) is 7.32. The largest absolute Gasteiger partial charge is 0.507 e. The highest BCUT2D eigenvalue weighted by Crippen LogP contribution is 2.42. The van der Waals surface area contributed by atoms with Gasteiger partial charge in [-0.3, -0.25) is 19.5 Å². The van der Waals surface area contributed by atoms with Crippen molar-refractivity contribution in [3.63, 3.8) is 0 Å². The number of amides is 1. The lowest BCUT2D eigenvalue weighted by molar-refractivity contribution is -0.132. The predicted octanol–water partition coefficient (Wildman–Crippen LogP) is 4.76. The average Bonchev–Trinajstić information content (AvgIpc) is 3.06. The van der Waals surface area contributed by atoms with E-state index in [0.29, 0.717) is 34.2 Å². The van der Waals surface area contributed by atoms with Crippen molar-refractivity contribution in [2.24, 2.45) is 0 Å². The molecule has 3 aromatic rings. The van der Waals surface area contributed by atoms with Gasteiger partial charge in [0.05, 0.1) is 18.2 Å². The first-order chi connectivity index (χ1) is 15.0. The van der Waals surface area contributed by atoms with Crippen molar-refractivity contribution in [3.8, 4) is 5.75 Å². The number of hydrogen-bond acceptors (Lipinski definition) is 5. The van der Waals surface area contributed by atoms with Gasteiger partial charge in [0.15, 0.2) is 0 Å². The van der Waals surface area contributed by atoms with Crippen LogP contribution in [0.5, 0.6) is 5.75 Å². The number of carbonyl (C=O) groups excluding carboxylic acids is 2. The molecule has 1 amide bonds. The van der Waals surface area contributed by atoms with Gasteiger partial charge in [-0.05, 0) is 61.0 Å². The molecule has 4 rings (SSSR count). The first-order valence-electron chi connectivity index (χ1n) is 9.71. The molecule has 2 aromatic carbocycles. The summed E-state index contributed by atoms with van der Waals surface area (Å²) < 4.78 is 5.47. The monoisotopic (exact) mass is 434 g/mol. The molecule has 1 fully saturated rings. The zero-order valence-corrected chi connectivity index (χ0v) is 17.4. The molecule has 1 aliphatic rings. The fourth-order valence-electron chi connectivity index (χ4n) is 3.59. The molecule has 1 aromatic heterocycles. The highest BCUT2D eigenvalue weighted by Gasteiger charge is 2.46. The van der Waals surface area contributed by atoms with Crippen LogP contribution in [0.15, 0.2) is 78.6 Å². The van der Waals surface area contributed by atoms with Crippen LogP contribution in [0, 0.1) is 0 Å². The highest BCUT2D eigenvalue weighted by molar-refractivity contribution is 6.51. The fraction of sp³-hybridized carbons (Fsp3) is 0.125. The van der Waals surface area contributed by atoms with Crippen molar-refractivity contribution in [2.45, 2.75) is 13.0 Å². The highest BCUT2D eigenvalue weighted by atomic mass is 35.5. The summed E-state index contributed by atoms with van der Waals surface area (Å²) in [6.07, 6.45) is 3.02. The maximum atomic E-state index is 13.1. The molecule has 0 bridgehead atoms. The molecule has 0 saturated carbocycles. The maximum Gasteiger partial charge on any atom is 0.300 e. The summed E-state index contributed by atoms with van der Waals surface area (Å²) >= 11 is 6.04. The number of halogens is 1. The Morgan fingerprint density at radius 2 is 1.68 bits per heavy atom. The van der Waals surface area contributed by atoms with Crippen molar-refractivity contribution >= 4 is 34.7 Å². The van der Waals surface area contributed by atoms with E-state index in [-0.39, 0.29) is 11.3 Å². The second kappa shape index (κ2) is 8.62. The summed E-state index contributed by atoms with van der Waals surface area (Å²) in [7, 11) is 0. The lowest BCUT2D eigenvalue weighted by Crippen LogP contribution is -2.29. The maximum absolute atomic E-state index is 13.1. The molecule has 1 saturated heterocycles. The van der Waals surface area contributed by atoms with Crippen LogP contribution in [-0.4, -0.2) is 28.4 Å². The lowest BCUT2D eigenvalue weighted by Gasteiger charge is -2.25. The Balaban J connectivity index is 1.88. The van der Waals surface area contributed by atoms with Gasteiger partial charge in [0.2, 0.25) is 0 Å². The number of carbonyl (C=O) groups is 2. The molecular formula is C24H19ClN2O4. The smallest absolute Gasteiger partial charge is 0.300 e. The van der Waals surface area contributed by atoms with Crippen LogP contribution in [0.4, 0.5) is 5.69 Å². The first-order valence-corrected chi connectivity index (χ1v) is 10.1. The number of pyridine rings is 1. The Bertz CT molecular complexity index is 1140. The number of benzene rings is 2. The third-order valence-corrected chi connectivity index (χ3v) is 5.26.